The number of likely N-dealkylation sites (N-methyl/N-ethyl adjacent to an activating group) is 2. The number of nitrogens with zero attached hydrogens (tertiary/aromatic N) is 5. The number of hydrogen-bond donors (Lipinski definition) is 0. The van der Waals surface area contributed by atoms with Gasteiger partial charge in [-0.15, -0.1) is 13.2 Å². The molecule has 2 aromatic carbocycles. The highest BCUT2D eigenvalue weighted by atomic mass is 19.4. The molecule has 3 aliphatic rings. The minimum absolute atomic E-state index is 0.210. The van der Waals surface area contributed by atoms with Crippen molar-refractivity contribution in [3.63, 3.8) is 0 Å². The number of hydrogen-bond acceptors (Lipinski definition) is 6. The van der Waals surface area contributed by atoms with E-state index in [0.717, 1.165) is 82.4 Å². The van der Waals surface area contributed by atoms with Crippen LogP contribution in [0.1, 0.15) is 30.5 Å². The summed E-state index contributed by atoms with van der Waals surface area (Å²) < 4.78 is 42.7. The third kappa shape index (κ3) is 5.49. The van der Waals surface area contributed by atoms with Crippen molar-refractivity contribution in [2.75, 3.05) is 65.4 Å². The van der Waals surface area contributed by atoms with Gasteiger partial charge < -0.3 is 19.4 Å². The molecule has 0 saturated carbocycles. The molecule has 1 unspecified atom stereocenters. The predicted octanol–water partition coefficient (Wildman–Crippen LogP) is 4.02. The average Bonchev–Trinajstić information content (AvgIpc) is 2.92. The Labute approximate surface area is 217 Å². The van der Waals surface area contributed by atoms with Crippen molar-refractivity contribution < 1.29 is 17.9 Å². The predicted molar refractivity (Wildman–Crippen MR) is 139 cm³/mol. The molecule has 0 radical (unpaired) electrons. The van der Waals surface area contributed by atoms with Gasteiger partial charge in [-0.3, -0.25) is 4.90 Å². The molecule has 2 saturated heterocycles. The van der Waals surface area contributed by atoms with Crippen molar-refractivity contribution >= 4 is 5.84 Å². The van der Waals surface area contributed by atoms with Crippen LogP contribution in [0.5, 0.6) is 5.75 Å². The number of rotatable bonds is 5. The highest BCUT2D eigenvalue weighted by Crippen LogP contribution is 2.41. The van der Waals surface area contributed by atoms with E-state index in [9.17, 15) is 13.2 Å². The monoisotopic (exact) mass is 515 g/mol. The second-order valence-electron chi connectivity index (χ2n) is 10.0. The summed E-state index contributed by atoms with van der Waals surface area (Å²) in [7, 11) is 0. The summed E-state index contributed by atoms with van der Waals surface area (Å²) in [4.78, 5) is 15.2. The fraction of sp³-hybridized carbons (Fsp3) is 0.536. The van der Waals surface area contributed by atoms with E-state index in [0.29, 0.717) is 6.42 Å². The number of fused-ring (bicyclic) bond motifs is 1. The van der Waals surface area contributed by atoms with Gasteiger partial charge >= 0.3 is 6.36 Å². The summed E-state index contributed by atoms with van der Waals surface area (Å²) in [5.74, 6) is 0.782. The van der Waals surface area contributed by atoms with Crippen LogP contribution in [0.3, 0.4) is 0 Å². The molecule has 0 N–H and O–H groups in total. The van der Waals surface area contributed by atoms with Crippen LogP contribution in [-0.4, -0.2) is 97.2 Å². The Bertz CT molecular complexity index is 1090. The Kier molecular flexibility index (Phi) is 7.47. The first-order valence-corrected chi connectivity index (χ1v) is 13.3. The van der Waals surface area contributed by atoms with E-state index in [4.69, 9.17) is 4.99 Å². The molecular formula is C28H36F3N5O. The first kappa shape index (κ1) is 26.0. The summed E-state index contributed by atoms with van der Waals surface area (Å²) in [5, 5.41) is 0. The zero-order valence-corrected chi connectivity index (χ0v) is 21.7. The number of amidine groups is 1. The number of halogens is 3. The van der Waals surface area contributed by atoms with Crippen LogP contribution in [0.25, 0.3) is 0 Å². The maximum atomic E-state index is 12.8. The van der Waals surface area contributed by atoms with Crippen LogP contribution in [-0.2, 0) is 12.1 Å². The number of aliphatic imine (C=N–C) groups is 1. The fourth-order valence-corrected chi connectivity index (χ4v) is 5.84. The quantitative estimate of drug-likeness (QED) is 0.601. The molecule has 200 valence electrons. The molecule has 5 rings (SSSR count). The fourth-order valence-electron chi connectivity index (χ4n) is 5.84. The molecule has 9 heteroatoms. The van der Waals surface area contributed by atoms with Gasteiger partial charge in [-0.25, -0.2) is 4.99 Å². The van der Waals surface area contributed by atoms with Gasteiger partial charge in [-0.05, 0) is 36.3 Å². The SMILES string of the molecule is CCN1CCN(C2=NC(c3ccc(OC(F)(F)F)cc3)(N3CCN(CC)CC3)Cc3ccccc32)CC1. The van der Waals surface area contributed by atoms with Crippen molar-refractivity contribution in [1.29, 1.82) is 0 Å². The number of piperazine rings is 2. The number of alkyl halides is 3. The number of ether oxygens (including phenoxy) is 1. The average molecular weight is 516 g/mol. The van der Waals surface area contributed by atoms with Crippen LogP contribution in [0.4, 0.5) is 13.2 Å². The van der Waals surface area contributed by atoms with E-state index in [2.05, 4.69) is 62.4 Å². The van der Waals surface area contributed by atoms with E-state index in [1.54, 1.807) is 12.1 Å². The maximum Gasteiger partial charge on any atom is 0.573 e. The Morgan fingerprint density at radius 2 is 1.41 bits per heavy atom. The summed E-state index contributed by atoms with van der Waals surface area (Å²) in [6, 6.07) is 14.8. The summed E-state index contributed by atoms with van der Waals surface area (Å²) in [6.07, 6.45) is -4.04. The largest absolute Gasteiger partial charge is 0.573 e. The zero-order chi connectivity index (χ0) is 26.0. The van der Waals surface area contributed by atoms with Gasteiger partial charge in [-0.2, -0.15) is 0 Å². The van der Waals surface area contributed by atoms with Gasteiger partial charge in [0, 0.05) is 64.3 Å². The molecule has 0 amide bonds. The van der Waals surface area contributed by atoms with Crippen molar-refractivity contribution in [1.82, 2.24) is 19.6 Å². The molecule has 0 spiro atoms. The Balaban J connectivity index is 1.57. The molecule has 3 aliphatic heterocycles. The minimum Gasteiger partial charge on any atom is -0.406 e. The molecule has 3 heterocycles. The normalized spacial score (nSPS) is 24.0. The minimum atomic E-state index is -4.72. The zero-order valence-electron chi connectivity index (χ0n) is 21.7. The van der Waals surface area contributed by atoms with Gasteiger partial charge in [0.15, 0.2) is 0 Å². The molecule has 0 aliphatic carbocycles. The summed E-state index contributed by atoms with van der Waals surface area (Å²) in [5.41, 5.74) is 2.58. The molecule has 37 heavy (non-hydrogen) atoms. The smallest absolute Gasteiger partial charge is 0.406 e. The van der Waals surface area contributed by atoms with E-state index in [1.807, 2.05) is 0 Å². The van der Waals surface area contributed by atoms with E-state index in [-0.39, 0.29) is 5.75 Å². The van der Waals surface area contributed by atoms with Crippen molar-refractivity contribution in [2.45, 2.75) is 32.3 Å². The van der Waals surface area contributed by atoms with Crippen LogP contribution >= 0.6 is 0 Å². The van der Waals surface area contributed by atoms with E-state index in [1.165, 1.54) is 17.7 Å². The second kappa shape index (κ2) is 10.6. The summed E-state index contributed by atoms with van der Waals surface area (Å²) >= 11 is 0. The molecule has 0 aromatic heterocycles. The lowest BCUT2D eigenvalue weighted by molar-refractivity contribution is -0.274. The van der Waals surface area contributed by atoms with Gasteiger partial charge in [-0.1, -0.05) is 50.2 Å². The standard InChI is InChI=1S/C28H36F3N5O/c1-3-33-13-17-35(18-14-33)26-25-8-6-5-7-22(25)21-27(32-26,36-19-15-34(4-2)16-20-36)23-9-11-24(12-10-23)37-28(29,30)31/h5-12H,3-4,13-21H2,1-2H3. The molecule has 0 bridgehead atoms. The molecular weight excluding hydrogens is 479 g/mol. The topological polar surface area (TPSA) is 34.6 Å². The molecule has 2 fully saturated rings. The van der Waals surface area contributed by atoms with Crippen LogP contribution in [0.15, 0.2) is 53.5 Å². The van der Waals surface area contributed by atoms with Gasteiger partial charge in [0.2, 0.25) is 0 Å². The van der Waals surface area contributed by atoms with Crippen molar-refractivity contribution in [3.8, 4) is 5.75 Å². The van der Waals surface area contributed by atoms with Gasteiger partial charge in [0.1, 0.15) is 17.2 Å². The lowest BCUT2D eigenvalue weighted by Crippen LogP contribution is -2.58. The number of benzene rings is 2. The van der Waals surface area contributed by atoms with Gasteiger partial charge in [0.05, 0.1) is 0 Å². The molecule has 6 nitrogen and oxygen atoms in total. The van der Waals surface area contributed by atoms with Crippen LogP contribution in [0.2, 0.25) is 0 Å². The van der Waals surface area contributed by atoms with Gasteiger partial charge in [0.25, 0.3) is 0 Å². The third-order valence-electron chi connectivity index (χ3n) is 8.00. The van der Waals surface area contributed by atoms with Crippen molar-refractivity contribution in [3.05, 3.63) is 65.2 Å². The second-order valence-corrected chi connectivity index (χ2v) is 10.0. The summed E-state index contributed by atoms with van der Waals surface area (Å²) in [6.45, 7) is 13.8. The van der Waals surface area contributed by atoms with Crippen LogP contribution < -0.4 is 4.74 Å². The highest BCUT2D eigenvalue weighted by molar-refractivity contribution is 6.01. The molecule has 2 aromatic rings. The van der Waals surface area contributed by atoms with Crippen molar-refractivity contribution in [2.24, 2.45) is 4.99 Å². The Morgan fingerprint density at radius 3 is 2.00 bits per heavy atom. The van der Waals surface area contributed by atoms with E-state index < -0.39 is 12.0 Å². The first-order valence-electron chi connectivity index (χ1n) is 13.3. The highest BCUT2D eigenvalue weighted by Gasteiger charge is 2.44. The lowest BCUT2D eigenvalue weighted by Gasteiger charge is -2.49. The van der Waals surface area contributed by atoms with Crippen LogP contribution in [0, 0.1) is 0 Å². The Hall–Kier alpha value is -2.62. The van der Waals surface area contributed by atoms with E-state index >= 15 is 0 Å². The Morgan fingerprint density at radius 1 is 0.811 bits per heavy atom. The maximum absolute atomic E-state index is 12.8. The molecule has 1 atom stereocenters. The first-order chi connectivity index (χ1) is 17.8. The third-order valence-corrected chi connectivity index (χ3v) is 8.00. The lowest BCUT2D eigenvalue weighted by atomic mass is 9.84.